The van der Waals surface area contributed by atoms with Crippen molar-refractivity contribution >= 4 is 5.82 Å². The molecule has 0 saturated heterocycles. The first-order valence-electron chi connectivity index (χ1n) is 4.44. The monoisotopic (exact) mass is 197 g/mol. The highest BCUT2D eigenvalue weighted by atomic mass is 16.3. The third kappa shape index (κ3) is 2.66. The number of nitrogens with one attached hydrogen (secondary N) is 1. The Kier molecular flexibility index (Phi) is 4.31. The first-order valence-corrected chi connectivity index (χ1v) is 4.44. The number of hydrogen-bond donors (Lipinski definition) is 4. The van der Waals surface area contributed by atoms with E-state index in [0.717, 1.165) is 5.56 Å². The van der Waals surface area contributed by atoms with Crippen LogP contribution in [-0.4, -0.2) is 34.5 Å². The summed E-state index contributed by atoms with van der Waals surface area (Å²) in [5, 5.41) is 20.6. The van der Waals surface area contributed by atoms with Crippen LogP contribution in [0.15, 0.2) is 18.3 Å². The Balaban J connectivity index is 2.74. The lowest BCUT2D eigenvalue weighted by Crippen LogP contribution is -2.28. The Morgan fingerprint density at radius 3 is 2.71 bits per heavy atom. The molecule has 0 bridgehead atoms. The van der Waals surface area contributed by atoms with Crippen LogP contribution in [0, 0.1) is 0 Å². The molecule has 0 atom stereocenters. The van der Waals surface area contributed by atoms with Crippen molar-refractivity contribution in [2.24, 2.45) is 5.73 Å². The van der Waals surface area contributed by atoms with E-state index in [1.807, 2.05) is 6.07 Å². The fourth-order valence-electron chi connectivity index (χ4n) is 1.08. The van der Waals surface area contributed by atoms with Gasteiger partial charge in [-0.05, 0) is 6.07 Å². The average molecular weight is 197 g/mol. The molecule has 1 aromatic rings. The molecule has 0 aliphatic heterocycles. The largest absolute Gasteiger partial charge is 0.394 e. The highest BCUT2D eigenvalue weighted by Gasteiger charge is 2.08. The summed E-state index contributed by atoms with van der Waals surface area (Å²) >= 11 is 0. The molecule has 5 heteroatoms. The molecule has 0 aromatic carbocycles. The normalized spacial score (nSPS) is 10.6. The van der Waals surface area contributed by atoms with E-state index in [1.54, 1.807) is 12.3 Å². The predicted octanol–water partition coefficient (Wildman–Crippen LogP) is -0.695. The Hall–Kier alpha value is -1.17. The summed E-state index contributed by atoms with van der Waals surface area (Å²) in [5.41, 5.74) is 6.36. The summed E-state index contributed by atoms with van der Waals surface area (Å²) < 4.78 is 0. The number of aliphatic hydroxyl groups excluding tert-OH is 2. The second-order valence-electron chi connectivity index (χ2n) is 2.92. The first kappa shape index (κ1) is 10.9. The van der Waals surface area contributed by atoms with Crippen LogP contribution in [0.4, 0.5) is 5.82 Å². The number of hydrogen-bond acceptors (Lipinski definition) is 5. The van der Waals surface area contributed by atoms with E-state index >= 15 is 0 Å². The maximum Gasteiger partial charge on any atom is 0.130 e. The van der Waals surface area contributed by atoms with Gasteiger partial charge in [-0.1, -0.05) is 6.07 Å². The Bertz CT molecular complexity index is 277. The molecule has 0 saturated carbocycles. The van der Waals surface area contributed by atoms with E-state index in [9.17, 15) is 0 Å². The van der Waals surface area contributed by atoms with Gasteiger partial charge in [-0.15, -0.1) is 0 Å². The lowest BCUT2D eigenvalue weighted by Gasteiger charge is -2.15. The number of pyridine rings is 1. The maximum absolute atomic E-state index is 8.87. The van der Waals surface area contributed by atoms with Crippen LogP contribution in [0.3, 0.4) is 0 Å². The second kappa shape index (κ2) is 5.54. The quantitative estimate of drug-likeness (QED) is 0.501. The first-order chi connectivity index (χ1) is 6.81. The van der Waals surface area contributed by atoms with Gasteiger partial charge in [0.2, 0.25) is 0 Å². The zero-order valence-electron chi connectivity index (χ0n) is 7.85. The van der Waals surface area contributed by atoms with E-state index in [1.165, 1.54) is 0 Å². The molecule has 14 heavy (non-hydrogen) atoms. The van der Waals surface area contributed by atoms with Gasteiger partial charge in [0.15, 0.2) is 0 Å². The molecule has 0 fully saturated rings. The standard InChI is InChI=1S/C9H15N3O2/c10-4-7-2-1-3-11-9(7)12-8(5-13)6-14/h1-3,8,13-14H,4-6,10H2,(H,11,12). The molecule has 0 radical (unpaired) electrons. The highest BCUT2D eigenvalue weighted by molar-refractivity contribution is 5.44. The van der Waals surface area contributed by atoms with Crippen molar-refractivity contribution in [3.05, 3.63) is 23.9 Å². The summed E-state index contributed by atoms with van der Waals surface area (Å²) in [6.07, 6.45) is 1.63. The van der Waals surface area contributed by atoms with E-state index in [0.29, 0.717) is 12.4 Å². The number of anilines is 1. The van der Waals surface area contributed by atoms with Gasteiger partial charge >= 0.3 is 0 Å². The molecular formula is C9H15N3O2. The SMILES string of the molecule is NCc1cccnc1NC(CO)CO. The van der Waals surface area contributed by atoms with Crippen molar-refractivity contribution in [3.63, 3.8) is 0 Å². The van der Waals surface area contributed by atoms with Gasteiger partial charge in [-0.3, -0.25) is 0 Å². The molecule has 0 amide bonds. The number of aliphatic hydroxyl groups is 2. The van der Waals surface area contributed by atoms with Crippen molar-refractivity contribution in [1.82, 2.24) is 4.98 Å². The fourth-order valence-corrected chi connectivity index (χ4v) is 1.08. The number of rotatable bonds is 5. The number of nitrogens with two attached hydrogens (primary N) is 1. The van der Waals surface area contributed by atoms with E-state index < -0.39 is 6.04 Å². The van der Waals surface area contributed by atoms with E-state index in [2.05, 4.69) is 10.3 Å². The number of aromatic nitrogens is 1. The number of nitrogens with zero attached hydrogens (tertiary/aromatic N) is 1. The van der Waals surface area contributed by atoms with Crippen LogP contribution in [-0.2, 0) is 6.54 Å². The summed E-state index contributed by atoms with van der Waals surface area (Å²) in [6, 6.07) is 3.25. The molecule has 1 aromatic heterocycles. The van der Waals surface area contributed by atoms with Crippen LogP contribution in [0.1, 0.15) is 5.56 Å². The highest BCUT2D eigenvalue weighted by Crippen LogP contribution is 2.11. The molecule has 0 aliphatic rings. The molecule has 1 rings (SSSR count). The van der Waals surface area contributed by atoms with Gasteiger partial charge in [0.25, 0.3) is 0 Å². The summed E-state index contributed by atoms with van der Waals surface area (Å²) in [7, 11) is 0. The molecular weight excluding hydrogens is 182 g/mol. The van der Waals surface area contributed by atoms with Crippen LogP contribution >= 0.6 is 0 Å². The topological polar surface area (TPSA) is 91.4 Å². The van der Waals surface area contributed by atoms with Crippen molar-refractivity contribution in [1.29, 1.82) is 0 Å². The van der Waals surface area contributed by atoms with Crippen molar-refractivity contribution in [2.45, 2.75) is 12.6 Å². The van der Waals surface area contributed by atoms with Gasteiger partial charge in [0, 0.05) is 18.3 Å². The van der Waals surface area contributed by atoms with Crippen LogP contribution in [0.25, 0.3) is 0 Å². The fraction of sp³-hybridized carbons (Fsp3) is 0.444. The van der Waals surface area contributed by atoms with E-state index in [-0.39, 0.29) is 13.2 Å². The summed E-state index contributed by atoms with van der Waals surface area (Å²) in [4.78, 5) is 4.07. The van der Waals surface area contributed by atoms with Gasteiger partial charge in [-0.2, -0.15) is 0 Å². The van der Waals surface area contributed by atoms with E-state index in [4.69, 9.17) is 15.9 Å². The molecule has 78 valence electrons. The molecule has 5 N–H and O–H groups in total. The Morgan fingerprint density at radius 1 is 1.43 bits per heavy atom. The molecule has 0 aliphatic carbocycles. The molecule has 0 unspecified atom stereocenters. The zero-order valence-corrected chi connectivity index (χ0v) is 7.85. The minimum Gasteiger partial charge on any atom is -0.394 e. The third-order valence-electron chi connectivity index (χ3n) is 1.89. The smallest absolute Gasteiger partial charge is 0.130 e. The van der Waals surface area contributed by atoms with Crippen molar-refractivity contribution in [3.8, 4) is 0 Å². The van der Waals surface area contributed by atoms with Crippen LogP contribution in [0.5, 0.6) is 0 Å². The Morgan fingerprint density at radius 2 is 2.14 bits per heavy atom. The van der Waals surface area contributed by atoms with Gasteiger partial charge < -0.3 is 21.3 Å². The summed E-state index contributed by atoms with van der Waals surface area (Å²) in [5.74, 6) is 0.614. The van der Waals surface area contributed by atoms with Crippen LogP contribution in [0.2, 0.25) is 0 Å². The van der Waals surface area contributed by atoms with Crippen molar-refractivity contribution < 1.29 is 10.2 Å². The molecule has 0 spiro atoms. The molecule has 1 heterocycles. The lowest BCUT2D eigenvalue weighted by atomic mass is 10.2. The Labute approximate surface area is 82.6 Å². The van der Waals surface area contributed by atoms with Crippen LogP contribution < -0.4 is 11.1 Å². The minimum absolute atomic E-state index is 0.142. The maximum atomic E-state index is 8.87. The second-order valence-corrected chi connectivity index (χ2v) is 2.92. The van der Waals surface area contributed by atoms with Gasteiger partial charge in [0.05, 0.1) is 19.3 Å². The average Bonchev–Trinajstić information content (AvgIpc) is 2.26. The predicted molar refractivity (Wildman–Crippen MR) is 53.7 cm³/mol. The lowest BCUT2D eigenvalue weighted by molar-refractivity contribution is 0.203. The summed E-state index contributed by atoms with van der Waals surface area (Å²) in [6.45, 7) is 0.0912. The van der Waals surface area contributed by atoms with Gasteiger partial charge in [-0.25, -0.2) is 4.98 Å². The minimum atomic E-state index is -0.393. The molecule has 5 nitrogen and oxygen atoms in total. The zero-order chi connectivity index (χ0) is 10.4. The van der Waals surface area contributed by atoms with Crippen molar-refractivity contribution in [2.75, 3.05) is 18.5 Å². The van der Waals surface area contributed by atoms with Gasteiger partial charge in [0.1, 0.15) is 5.82 Å². The third-order valence-corrected chi connectivity index (χ3v) is 1.89.